The van der Waals surface area contributed by atoms with Crippen LogP contribution in [0.25, 0.3) is 82.4 Å². The fraction of sp³-hybridized carbons (Fsp3) is 0. The lowest BCUT2D eigenvalue weighted by atomic mass is 9.95. The third kappa shape index (κ3) is 5.74. The van der Waals surface area contributed by atoms with Crippen LogP contribution in [-0.4, -0.2) is 4.57 Å². The Hall–Kier alpha value is -7.68. The van der Waals surface area contributed by atoms with Gasteiger partial charge in [-0.3, -0.25) is 0 Å². The third-order valence-electron chi connectivity index (χ3n) is 11.5. The topological polar surface area (TPSA) is 8.17 Å². The Balaban J connectivity index is 1.20. The van der Waals surface area contributed by atoms with Crippen LogP contribution in [0.4, 0.5) is 17.1 Å². The van der Waals surface area contributed by atoms with Crippen molar-refractivity contribution in [2.24, 2.45) is 0 Å². The molecule has 0 spiro atoms. The van der Waals surface area contributed by atoms with Crippen molar-refractivity contribution in [3.05, 3.63) is 231 Å². The molecule has 0 aliphatic rings. The summed E-state index contributed by atoms with van der Waals surface area (Å²) < 4.78 is 2.50. The van der Waals surface area contributed by atoms with E-state index in [1.807, 2.05) is 0 Å². The van der Waals surface area contributed by atoms with E-state index in [2.05, 4.69) is 240 Å². The molecule has 0 atom stereocenters. The van der Waals surface area contributed by atoms with Crippen molar-refractivity contribution >= 4 is 60.4 Å². The molecule has 0 bridgehead atoms. The molecule has 0 aliphatic carbocycles. The van der Waals surface area contributed by atoms with Gasteiger partial charge in [-0.1, -0.05) is 176 Å². The van der Waals surface area contributed by atoms with Crippen molar-refractivity contribution in [1.82, 2.24) is 4.57 Å². The fourth-order valence-corrected chi connectivity index (χ4v) is 8.83. The fourth-order valence-electron chi connectivity index (χ4n) is 8.83. The molecule has 272 valence electrons. The standard InChI is InChI=1S/C56H38N2/c1-3-18-41(19-4-1)48-24-11-13-26-51(48)57(47-22-5-2-6-23-47)53-28-15-29-54-56(53)50-25-12-14-27-52(50)58(54)55-38-45(44-32-30-39-16-7-9-20-42(39)36-44)34-35-49(55)46-33-31-40-17-8-10-21-43(40)37-46/h1-38H. The van der Waals surface area contributed by atoms with Crippen molar-refractivity contribution in [2.75, 3.05) is 4.90 Å². The number of fused-ring (bicyclic) bond motifs is 5. The Morgan fingerprint density at radius 3 is 1.64 bits per heavy atom. The van der Waals surface area contributed by atoms with E-state index in [1.165, 1.54) is 65.7 Å². The molecule has 58 heavy (non-hydrogen) atoms. The van der Waals surface area contributed by atoms with Gasteiger partial charge in [-0.2, -0.15) is 0 Å². The predicted molar refractivity (Wildman–Crippen MR) is 247 cm³/mol. The Morgan fingerprint density at radius 1 is 0.310 bits per heavy atom. The average Bonchev–Trinajstić information content (AvgIpc) is 3.64. The molecule has 1 aromatic heterocycles. The number of benzene rings is 10. The summed E-state index contributed by atoms with van der Waals surface area (Å²) in [6, 6.07) is 83.8. The van der Waals surface area contributed by atoms with Crippen molar-refractivity contribution in [1.29, 1.82) is 0 Å². The summed E-state index contributed by atoms with van der Waals surface area (Å²) in [4.78, 5) is 2.44. The highest BCUT2D eigenvalue weighted by molar-refractivity contribution is 6.17. The van der Waals surface area contributed by atoms with Crippen molar-refractivity contribution in [3.63, 3.8) is 0 Å². The highest BCUT2D eigenvalue weighted by Gasteiger charge is 2.24. The molecular formula is C56H38N2. The Bertz CT molecular complexity index is 3290. The number of hydrogen-bond acceptors (Lipinski definition) is 1. The van der Waals surface area contributed by atoms with Crippen LogP contribution >= 0.6 is 0 Å². The second-order valence-corrected chi connectivity index (χ2v) is 14.9. The molecule has 0 aliphatic heterocycles. The first kappa shape index (κ1) is 33.6. The molecule has 1 heterocycles. The van der Waals surface area contributed by atoms with Gasteiger partial charge in [-0.05, 0) is 98.4 Å². The van der Waals surface area contributed by atoms with Gasteiger partial charge in [0, 0.05) is 27.6 Å². The number of para-hydroxylation sites is 3. The predicted octanol–water partition coefficient (Wildman–Crippen LogP) is 15.6. The van der Waals surface area contributed by atoms with Gasteiger partial charge < -0.3 is 9.47 Å². The van der Waals surface area contributed by atoms with Crippen LogP contribution in [0, 0.1) is 0 Å². The van der Waals surface area contributed by atoms with Crippen LogP contribution in [0.3, 0.4) is 0 Å². The first-order valence-electron chi connectivity index (χ1n) is 19.9. The van der Waals surface area contributed by atoms with Gasteiger partial charge in [-0.25, -0.2) is 0 Å². The van der Waals surface area contributed by atoms with E-state index in [4.69, 9.17) is 0 Å². The molecule has 0 fully saturated rings. The summed E-state index contributed by atoms with van der Waals surface area (Å²) in [6.45, 7) is 0. The summed E-state index contributed by atoms with van der Waals surface area (Å²) in [6.07, 6.45) is 0. The number of aromatic nitrogens is 1. The van der Waals surface area contributed by atoms with Crippen LogP contribution in [-0.2, 0) is 0 Å². The highest BCUT2D eigenvalue weighted by atomic mass is 15.2. The lowest BCUT2D eigenvalue weighted by molar-refractivity contribution is 1.18. The highest BCUT2D eigenvalue weighted by Crippen LogP contribution is 2.47. The molecule has 11 rings (SSSR count). The number of hydrogen-bond donors (Lipinski definition) is 0. The maximum absolute atomic E-state index is 2.50. The summed E-state index contributed by atoms with van der Waals surface area (Å²) in [5.74, 6) is 0. The number of nitrogens with zero attached hydrogens (tertiary/aromatic N) is 2. The molecule has 0 N–H and O–H groups in total. The summed E-state index contributed by atoms with van der Waals surface area (Å²) in [7, 11) is 0. The minimum Gasteiger partial charge on any atom is -0.309 e. The zero-order valence-corrected chi connectivity index (χ0v) is 31.8. The van der Waals surface area contributed by atoms with Crippen LogP contribution in [0.2, 0.25) is 0 Å². The minimum absolute atomic E-state index is 1.10. The molecule has 0 unspecified atom stereocenters. The van der Waals surface area contributed by atoms with E-state index in [0.29, 0.717) is 0 Å². The first-order valence-corrected chi connectivity index (χ1v) is 19.9. The van der Waals surface area contributed by atoms with Crippen LogP contribution in [0.5, 0.6) is 0 Å². The number of anilines is 3. The van der Waals surface area contributed by atoms with Gasteiger partial charge in [0.05, 0.1) is 28.1 Å². The van der Waals surface area contributed by atoms with Crippen LogP contribution in [0.15, 0.2) is 231 Å². The maximum Gasteiger partial charge on any atom is 0.0562 e. The second kappa shape index (κ2) is 14.1. The molecule has 0 amide bonds. The lowest BCUT2D eigenvalue weighted by Crippen LogP contribution is -2.11. The van der Waals surface area contributed by atoms with Crippen molar-refractivity contribution in [2.45, 2.75) is 0 Å². The third-order valence-corrected chi connectivity index (χ3v) is 11.5. The van der Waals surface area contributed by atoms with Gasteiger partial charge in [0.15, 0.2) is 0 Å². The van der Waals surface area contributed by atoms with Gasteiger partial charge >= 0.3 is 0 Å². The Labute approximate surface area is 338 Å². The largest absolute Gasteiger partial charge is 0.309 e. The molecule has 0 saturated carbocycles. The zero-order chi connectivity index (χ0) is 38.4. The Kier molecular flexibility index (Phi) is 8.19. The summed E-state index contributed by atoms with van der Waals surface area (Å²) in [5, 5.41) is 7.34. The number of rotatable bonds is 7. The molecule has 10 aromatic carbocycles. The smallest absolute Gasteiger partial charge is 0.0562 e. The van der Waals surface area contributed by atoms with Gasteiger partial charge in [-0.15, -0.1) is 0 Å². The average molecular weight is 739 g/mol. The van der Waals surface area contributed by atoms with Gasteiger partial charge in [0.1, 0.15) is 0 Å². The first-order chi connectivity index (χ1) is 28.8. The zero-order valence-electron chi connectivity index (χ0n) is 31.8. The second-order valence-electron chi connectivity index (χ2n) is 14.9. The van der Waals surface area contributed by atoms with E-state index in [-0.39, 0.29) is 0 Å². The van der Waals surface area contributed by atoms with Crippen molar-refractivity contribution < 1.29 is 0 Å². The van der Waals surface area contributed by atoms with Gasteiger partial charge in [0.2, 0.25) is 0 Å². The maximum atomic E-state index is 2.50. The van der Waals surface area contributed by atoms with E-state index in [1.54, 1.807) is 0 Å². The lowest BCUT2D eigenvalue weighted by Gasteiger charge is -2.28. The molecule has 0 radical (unpaired) electrons. The van der Waals surface area contributed by atoms with Crippen molar-refractivity contribution in [3.8, 4) is 39.1 Å². The van der Waals surface area contributed by atoms with E-state index >= 15 is 0 Å². The molecule has 11 aromatic rings. The monoisotopic (exact) mass is 738 g/mol. The quantitative estimate of drug-likeness (QED) is 0.158. The summed E-state index contributed by atoms with van der Waals surface area (Å²) in [5.41, 5.74) is 13.9. The van der Waals surface area contributed by atoms with E-state index < -0.39 is 0 Å². The SMILES string of the molecule is c1ccc(-c2ccccc2N(c2ccccc2)c2cccc3c2c2ccccc2n3-c2cc(-c3ccc4ccccc4c3)ccc2-c2ccc3ccccc3c2)cc1. The minimum atomic E-state index is 1.10. The molecule has 2 nitrogen and oxygen atoms in total. The molecule has 0 saturated heterocycles. The van der Waals surface area contributed by atoms with E-state index in [9.17, 15) is 0 Å². The normalized spacial score (nSPS) is 11.4. The molecular weight excluding hydrogens is 701 g/mol. The van der Waals surface area contributed by atoms with Crippen LogP contribution in [0.1, 0.15) is 0 Å². The summed E-state index contributed by atoms with van der Waals surface area (Å²) >= 11 is 0. The van der Waals surface area contributed by atoms with E-state index in [0.717, 1.165) is 33.8 Å². The Morgan fingerprint density at radius 2 is 0.862 bits per heavy atom. The van der Waals surface area contributed by atoms with Crippen LogP contribution < -0.4 is 4.90 Å². The van der Waals surface area contributed by atoms with Gasteiger partial charge in [0.25, 0.3) is 0 Å². The molecule has 2 heteroatoms.